The summed E-state index contributed by atoms with van der Waals surface area (Å²) in [5.74, 6) is 0.759. The SMILES string of the molecule is CCN1NNN=C1c1c[nH]n(-c2cccc(Cl)c2)c1=S. The van der Waals surface area contributed by atoms with Crippen LogP contribution >= 0.6 is 23.8 Å². The zero-order valence-electron chi connectivity index (χ0n) is 10.7. The molecule has 0 bridgehead atoms. The van der Waals surface area contributed by atoms with Crippen molar-refractivity contribution in [2.75, 3.05) is 6.54 Å². The number of rotatable bonds is 3. The first-order valence-corrected chi connectivity index (χ1v) is 6.92. The Morgan fingerprint density at radius 3 is 3.00 bits per heavy atom. The highest BCUT2D eigenvalue weighted by Gasteiger charge is 2.20. The van der Waals surface area contributed by atoms with Gasteiger partial charge in [0, 0.05) is 17.8 Å². The smallest absolute Gasteiger partial charge is 0.177 e. The van der Waals surface area contributed by atoms with Crippen molar-refractivity contribution >= 4 is 29.7 Å². The van der Waals surface area contributed by atoms with E-state index in [1.165, 1.54) is 0 Å². The Morgan fingerprint density at radius 2 is 2.25 bits per heavy atom. The normalized spacial score (nSPS) is 14.3. The number of aromatic nitrogens is 2. The maximum Gasteiger partial charge on any atom is 0.177 e. The van der Waals surface area contributed by atoms with E-state index in [1.54, 1.807) is 4.68 Å². The summed E-state index contributed by atoms with van der Waals surface area (Å²) in [6.07, 6.45) is 1.83. The molecule has 1 aliphatic rings. The van der Waals surface area contributed by atoms with E-state index in [2.05, 4.69) is 21.3 Å². The number of hydrazone groups is 1. The fourth-order valence-electron chi connectivity index (χ4n) is 2.02. The van der Waals surface area contributed by atoms with Gasteiger partial charge in [-0.15, -0.1) is 10.6 Å². The second-order valence-corrected chi connectivity index (χ2v) is 5.03. The molecular weight excluding hydrogens is 296 g/mol. The standard InChI is InChI=1S/C12H13ClN6S/c1-2-18-11(15-16-17-18)10-7-14-19(12(10)20)9-5-3-4-8(13)6-9/h3-7,14,16-17H,2H2,1H3. The van der Waals surface area contributed by atoms with Crippen molar-refractivity contribution in [3.8, 4) is 5.69 Å². The van der Waals surface area contributed by atoms with Crippen LogP contribution in [0.3, 0.4) is 0 Å². The first-order chi connectivity index (χ1) is 9.70. The summed E-state index contributed by atoms with van der Waals surface area (Å²) in [5.41, 5.74) is 7.39. The van der Waals surface area contributed by atoms with E-state index in [1.807, 2.05) is 42.4 Å². The maximum absolute atomic E-state index is 6.01. The van der Waals surface area contributed by atoms with E-state index in [-0.39, 0.29) is 0 Å². The minimum Gasteiger partial charge on any atom is -0.299 e. The maximum atomic E-state index is 6.01. The van der Waals surface area contributed by atoms with Crippen LogP contribution in [0.25, 0.3) is 5.69 Å². The molecule has 104 valence electrons. The van der Waals surface area contributed by atoms with Gasteiger partial charge in [-0.3, -0.25) is 10.1 Å². The van der Waals surface area contributed by atoms with Crippen molar-refractivity contribution < 1.29 is 0 Å². The number of benzene rings is 1. The molecule has 0 saturated carbocycles. The van der Waals surface area contributed by atoms with E-state index >= 15 is 0 Å². The fourth-order valence-corrected chi connectivity index (χ4v) is 2.52. The number of hydrogen-bond acceptors (Lipinski definition) is 5. The van der Waals surface area contributed by atoms with Crippen LogP contribution < -0.4 is 11.1 Å². The van der Waals surface area contributed by atoms with Gasteiger partial charge in [0.05, 0.1) is 11.3 Å². The van der Waals surface area contributed by atoms with Gasteiger partial charge in [-0.2, -0.15) is 0 Å². The van der Waals surface area contributed by atoms with Crippen molar-refractivity contribution in [3.05, 3.63) is 45.7 Å². The molecule has 1 aliphatic heterocycles. The van der Waals surface area contributed by atoms with E-state index in [4.69, 9.17) is 23.8 Å². The van der Waals surface area contributed by atoms with Crippen LogP contribution in [0.5, 0.6) is 0 Å². The molecule has 20 heavy (non-hydrogen) atoms. The lowest BCUT2D eigenvalue weighted by Crippen LogP contribution is -2.40. The molecule has 8 heteroatoms. The van der Waals surface area contributed by atoms with Crippen LogP contribution in [0.1, 0.15) is 12.5 Å². The van der Waals surface area contributed by atoms with Gasteiger partial charge in [0.15, 0.2) is 5.84 Å². The summed E-state index contributed by atoms with van der Waals surface area (Å²) in [7, 11) is 0. The van der Waals surface area contributed by atoms with Crippen LogP contribution in [0.4, 0.5) is 0 Å². The largest absolute Gasteiger partial charge is 0.299 e. The number of aromatic amines is 1. The highest BCUT2D eigenvalue weighted by molar-refractivity contribution is 7.71. The van der Waals surface area contributed by atoms with Crippen LogP contribution in [0.15, 0.2) is 35.6 Å². The van der Waals surface area contributed by atoms with E-state index < -0.39 is 0 Å². The molecule has 0 amide bonds. The zero-order chi connectivity index (χ0) is 14.1. The van der Waals surface area contributed by atoms with Gasteiger partial charge in [-0.1, -0.05) is 29.9 Å². The third kappa shape index (κ3) is 2.20. The summed E-state index contributed by atoms with van der Waals surface area (Å²) in [6, 6.07) is 7.50. The lowest BCUT2D eigenvalue weighted by Gasteiger charge is -2.14. The van der Waals surface area contributed by atoms with Crippen LogP contribution in [-0.2, 0) is 0 Å². The van der Waals surface area contributed by atoms with Gasteiger partial charge < -0.3 is 0 Å². The van der Waals surface area contributed by atoms with Crippen molar-refractivity contribution in [1.29, 1.82) is 0 Å². The molecule has 0 aliphatic carbocycles. The Kier molecular flexibility index (Phi) is 3.47. The Bertz CT molecular complexity index is 719. The molecule has 6 nitrogen and oxygen atoms in total. The fraction of sp³-hybridized carbons (Fsp3) is 0.167. The van der Waals surface area contributed by atoms with E-state index in [9.17, 15) is 0 Å². The number of hydrogen-bond donors (Lipinski definition) is 3. The lowest BCUT2D eigenvalue weighted by atomic mass is 10.3. The van der Waals surface area contributed by atoms with Gasteiger partial charge in [-0.25, -0.2) is 10.2 Å². The highest BCUT2D eigenvalue weighted by atomic mass is 35.5. The second kappa shape index (κ2) is 5.28. The molecule has 0 atom stereocenters. The second-order valence-electron chi connectivity index (χ2n) is 4.21. The van der Waals surface area contributed by atoms with Crippen LogP contribution in [0.2, 0.25) is 5.02 Å². The topological polar surface area (TPSA) is 60.4 Å². The van der Waals surface area contributed by atoms with Crippen molar-refractivity contribution in [3.63, 3.8) is 0 Å². The highest BCUT2D eigenvalue weighted by Crippen LogP contribution is 2.17. The first-order valence-electron chi connectivity index (χ1n) is 6.13. The van der Waals surface area contributed by atoms with Gasteiger partial charge in [0.2, 0.25) is 0 Å². The molecule has 0 saturated heterocycles. The quantitative estimate of drug-likeness (QED) is 0.761. The molecule has 3 N–H and O–H groups in total. The molecule has 2 aromatic rings. The predicted molar refractivity (Wildman–Crippen MR) is 81.2 cm³/mol. The van der Waals surface area contributed by atoms with Crippen molar-refractivity contribution in [2.45, 2.75) is 6.92 Å². The number of amidine groups is 1. The number of hydrazine groups is 2. The molecule has 0 fully saturated rings. The molecular formula is C12H13ClN6S. The predicted octanol–water partition coefficient (Wildman–Crippen LogP) is 2.19. The molecule has 0 spiro atoms. The van der Waals surface area contributed by atoms with Crippen molar-refractivity contribution in [2.24, 2.45) is 5.10 Å². The van der Waals surface area contributed by atoms with E-state index in [0.717, 1.165) is 23.6 Å². The number of halogens is 1. The van der Waals surface area contributed by atoms with Gasteiger partial charge in [-0.05, 0) is 25.1 Å². The average Bonchev–Trinajstić information content (AvgIpc) is 3.04. The summed E-state index contributed by atoms with van der Waals surface area (Å²) in [6.45, 7) is 2.79. The van der Waals surface area contributed by atoms with Crippen LogP contribution in [0, 0.1) is 4.64 Å². The molecule has 0 radical (unpaired) electrons. The minimum absolute atomic E-state index is 0.648. The lowest BCUT2D eigenvalue weighted by molar-refractivity contribution is 0.308. The third-order valence-corrected chi connectivity index (χ3v) is 3.64. The van der Waals surface area contributed by atoms with Crippen LogP contribution in [-0.4, -0.2) is 27.2 Å². The van der Waals surface area contributed by atoms with E-state index in [0.29, 0.717) is 9.66 Å². The monoisotopic (exact) mass is 308 g/mol. The molecule has 1 aromatic carbocycles. The van der Waals surface area contributed by atoms with Gasteiger partial charge >= 0.3 is 0 Å². The van der Waals surface area contributed by atoms with Crippen molar-refractivity contribution in [1.82, 2.24) is 25.9 Å². The molecule has 0 unspecified atom stereocenters. The summed E-state index contributed by atoms with van der Waals surface area (Å²) in [5, 5.41) is 9.87. The first kappa shape index (κ1) is 13.2. The molecule has 2 heterocycles. The Hall–Kier alpha value is -1.83. The summed E-state index contributed by atoms with van der Waals surface area (Å²) < 4.78 is 2.44. The third-order valence-electron chi connectivity index (χ3n) is 3.00. The summed E-state index contributed by atoms with van der Waals surface area (Å²) in [4.78, 5) is 0. The molecule has 3 rings (SSSR count). The number of nitrogens with one attached hydrogen (secondary N) is 3. The number of H-pyrrole nitrogens is 1. The number of nitrogens with zero attached hydrogens (tertiary/aromatic N) is 3. The minimum atomic E-state index is 0.648. The Balaban J connectivity index is 2.04. The Labute approximate surface area is 126 Å². The Morgan fingerprint density at radius 1 is 1.40 bits per heavy atom. The van der Waals surface area contributed by atoms with Gasteiger partial charge in [0.25, 0.3) is 0 Å². The van der Waals surface area contributed by atoms with Gasteiger partial charge in [0.1, 0.15) is 4.64 Å². The average molecular weight is 309 g/mol. The zero-order valence-corrected chi connectivity index (χ0v) is 12.3. The summed E-state index contributed by atoms with van der Waals surface area (Å²) >= 11 is 11.5. The molecule has 1 aromatic heterocycles.